The summed E-state index contributed by atoms with van der Waals surface area (Å²) in [6, 6.07) is 27.8. The summed E-state index contributed by atoms with van der Waals surface area (Å²) in [6.07, 6.45) is 4.60. The first-order chi connectivity index (χ1) is 17.2. The molecule has 1 atom stereocenters. The van der Waals surface area contributed by atoms with Crippen LogP contribution in [0.1, 0.15) is 30.5 Å². The van der Waals surface area contributed by atoms with Crippen molar-refractivity contribution in [1.82, 2.24) is 19.5 Å². The molecule has 3 aromatic carbocycles. The van der Waals surface area contributed by atoms with Gasteiger partial charge in [0.2, 0.25) is 11.9 Å². The zero-order valence-corrected chi connectivity index (χ0v) is 19.4. The molecule has 35 heavy (non-hydrogen) atoms. The smallest absolute Gasteiger partial charge is 0.225 e. The van der Waals surface area contributed by atoms with E-state index in [4.69, 9.17) is 0 Å². The van der Waals surface area contributed by atoms with Crippen LogP contribution in [0.15, 0.2) is 97.5 Å². The molecule has 2 heterocycles. The monoisotopic (exact) mass is 462 g/mol. The maximum atomic E-state index is 12.4. The first-order valence-corrected chi connectivity index (χ1v) is 11.6. The van der Waals surface area contributed by atoms with Crippen LogP contribution in [-0.2, 0) is 11.2 Å². The molecule has 0 aliphatic carbocycles. The minimum atomic E-state index is -0.0216. The molecule has 1 amide bonds. The van der Waals surface area contributed by atoms with Crippen molar-refractivity contribution in [2.45, 2.75) is 25.8 Å². The summed E-state index contributed by atoms with van der Waals surface area (Å²) < 4.78 is 1.91. The molecule has 0 aliphatic heterocycles. The van der Waals surface area contributed by atoms with Gasteiger partial charge in [-0.1, -0.05) is 60.7 Å². The number of imidazole rings is 1. The Morgan fingerprint density at radius 2 is 1.71 bits per heavy atom. The number of nitrogens with zero attached hydrogens (tertiary/aromatic N) is 4. The minimum Gasteiger partial charge on any atom is -0.348 e. The Hall–Kier alpha value is -4.52. The van der Waals surface area contributed by atoms with E-state index in [1.807, 2.05) is 77.4 Å². The van der Waals surface area contributed by atoms with Crippen LogP contribution >= 0.6 is 0 Å². The summed E-state index contributed by atoms with van der Waals surface area (Å²) in [6.45, 7) is 2.08. The lowest BCUT2D eigenvalue weighted by atomic mass is 10.1. The molecule has 0 radical (unpaired) electrons. The van der Waals surface area contributed by atoms with Gasteiger partial charge in [0.1, 0.15) is 12.1 Å². The topological polar surface area (TPSA) is 84.7 Å². The lowest BCUT2D eigenvalue weighted by Gasteiger charge is -2.14. The van der Waals surface area contributed by atoms with Crippen molar-refractivity contribution in [3.05, 3.63) is 109 Å². The number of hydrogen-bond acceptors (Lipinski definition) is 5. The Morgan fingerprint density at radius 3 is 2.51 bits per heavy atom. The SMILES string of the molecule is C[C@H](Nc1nccc(-n2cnc3cc(NC(=O)CCc4ccccc4)ccc32)n1)c1ccccc1. The molecule has 0 unspecified atom stereocenters. The quantitative estimate of drug-likeness (QED) is 0.315. The van der Waals surface area contributed by atoms with E-state index in [0.29, 0.717) is 24.6 Å². The molecule has 0 saturated carbocycles. The molecule has 7 nitrogen and oxygen atoms in total. The molecular formula is C28H26N6O. The van der Waals surface area contributed by atoms with E-state index in [2.05, 4.69) is 44.6 Å². The molecular weight excluding hydrogens is 436 g/mol. The van der Waals surface area contributed by atoms with Crippen LogP contribution in [0, 0.1) is 0 Å². The Morgan fingerprint density at radius 1 is 0.943 bits per heavy atom. The lowest BCUT2D eigenvalue weighted by molar-refractivity contribution is -0.116. The van der Waals surface area contributed by atoms with Crippen LogP contribution in [0.3, 0.4) is 0 Å². The molecule has 0 saturated heterocycles. The number of fused-ring (bicyclic) bond motifs is 1. The predicted molar refractivity (Wildman–Crippen MR) is 139 cm³/mol. The van der Waals surface area contributed by atoms with Crippen molar-refractivity contribution < 1.29 is 4.79 Å². The third kappa shape index (κ3) is 5.35. The molecule has 2 aromatic heterocycles. The van der Waals surface area contributed by atoms with E-state index in [-0.39, 0.29) is 11.9 Å². The van der Waals surface area contributed by atoms with E-state index in [1.165, 1.54) is 0 Å². The number of hydrogen-bond donors (Lipinski definition) is 2. The predicted octanol–water partition coefficient (Wildman–Crippen LogP) is 5.56. The van der Waals surface area contributed by atoms with Crippen LogP contribution in [0.2, 0.25) is 0 Å². The molecule has 5 rings (SSSR count). The van der Waals surface area contributed by atoms with Gasteiger partial charge in [0.15, 0.2) is 0 Å². The molecule has 0 aliphatic rings. The zero-order valence-electron chi connectivity index (χ0n) is 19.4. The average molecular weight is 463 g/mol. The number of rotatable bonds is 8. The van der Waals surface area contributed by atoms with Gasteiger partial charge in [-0.25, -0.2) is 9.97 Å². The van der Waals surface area contributed by atoms with E-state index in [0.717, 1.165) is 27.8 Å². The van der Waals surface area contributed by atoms with Crippen LogP contribution < -0.4 is 10.6 Å². The first kappa shape index (κ1) is 22.3. The molecule has 5 aromatic rings. The second kappa shape index (κ2) is 10.2. The third-order valence-corrected chi connectivity index (χ3v) is 5.85. The minimum absolute atomic E-state index is 0.0216. The van der Waals surface area contributed by atoms with Gasteiger partial charge in [-0.3, -0.25) is 9.36 Å². The zero-order chi connectivity index (χ0) is 24.0. The molecule has 7 heteroatoms. The maximum Gasteiger partial charge on any atom is 0.225 e. The van der Waals surface area contributed by atoms with Crippen LogP contribution in [-0.4, -0.2) is 25.4 Å². The summed E-state index contributed by atoms with van der Waals surface area (Å²) in [7, 11) is 0. The maximum absolute atomic E-state index is 12.4. The summed E-state index contributed by atoms with van der Waals surface area (Å²) >= 11 is 0. The Balaban J connectivity index is 1.28. The van der Waals surface area contributed by atoms with E-state index in [9.17, 15) is 4.79 Å². The van der Waals surface area contributed by atoms with Gasteiger partial charge >= 0.3 is 0 Å². The molecule has 0 fully saturated rings. The van der Waals surface area contributed by atoms with Gasteiger partial charge in [-0.05, 0) is 48.7 Å². The van der Waals surface area contributed by atoms with Crippen molar-refractivity contribution in [1.29, 1.82) is 0 Å². The number of anilines is 2. The van der Waals surface area contributed by atoms with Gasteiger partial charge in [0.05, 0.1) is 17.1 Å². The van der Waals surface area contributed by atoms with E-state index >= 15 is 0 Å². The second-order valence-electron chi connectivity index (χ2n) is 8.37. The number of benzene rings is 3. The van der Waals surface area contributed by atoms with Crippen molar-refractivity contribution in [3.8, 4) is 5.82 Å². The van der Waals surface area contributed by atoms with Gasteiger partial charge in [-0.15, -0.1) is 0 Å². The Labute approximate surface area is 203 Å². The first-order valence-electron chi connectivity index (χ1n) is 11.6. The number of carbonyl (C=O) groups is 1. The molecule has 0 bridgehead atoms. The highest BCUT2D eigenvalue weighted by Gasteiger charge is 2.11. The number of aromatic nitrogens is 4. The second-order valence-corrected chi connectivity index (χ2v) is 8.37. The van der Waals surface area contributed by atoms with Crippen molar-refractivity contribution >= 4 is 28.6 Å². The largest absolute Gasteiger partial charge is 0.348 e. The Bertz CT molecular complexity index is 1430. The molecule has 0 spiro atoms. The highest BCUT2D eigenvalue weighted by atomic mass is 16.1. The highest BCUT2D eigenvalue weighted by molar-refractivity contribution is 5.93. The van der Waals surface area contributed by atoms with Crippen molar-refractivity contribution in [2.24, 2.45) is 0 Å². The van der Waals surface area contributed by atoms with Crippen LogP contribution in [0.5, 0.6) is 0 Å². The number of aryl methyl sites for hydroxylation is 1. The summed E-state index contributed by atoms with van der Waals surface area (Å²) in [5.41, 5.74) is 4.70. The average Bonchev–Trinajstić information content (AvgIpc) is 3.32. The van der Waals surface area contributed by atoms with Gasteiger partial charge in [0.25, 0.3) is 0 Å². The lowest BCUT2D eigenvalue weighted by Crippen LogP contribution is -2.12. The van der Waals surface area contributed by atoms with Gasteiger partial charge < -0.3 is 10.6 Å². The Kier molecular flexibility index (Phi) is 6.48. The van der Waals surface area contributed by atoms with Gasteiger partial charge in [-0.2, -0.15) is 4.98 Å². The standard InChI is InChI=1S/C28H26N6O/c1-20(22-10-6-3-7-11-22)31-28-29-17-16-26(33-28)34-19-30-24-18-23(13-14-25(24)34)32-27(35)15-12-21-8-4-2-5-9-21/h2-11,13-14,16-20H,12,15H2,1H3,(H,32,35)(H,29,31,33)/t20-/m0/s1. The normalized spacial score (nSPS) is 11.8. The molecule has 2 N–H and O–H groups in total. The fourth-order valence-corrected chi connectivity index (χ4v) is 3.97. The summed E-state index contributed by atoms with van der Waals surface area (Å²) in [5, 5.41) is 6.34. The fourth-order valence-electron chi connectivity index (χ4n) is 3.97. The van der Waals surface area contributed by atoms with Crippen LogP contribution in [0.4, 0.5) is 11.6 Å². The number of amides is 1. The van der Waals surface area contributed by atoms with Crippen LogP contribution in [0.25, 0.3) is 16.9 Å². The number of carbonyl (C=O) groups excluding carboxylic acids is 1. The highest BCUT2D eigenvalue weighted by Crippen LogP contribution is 2.22. The van der Waals surface area contributed by atoms with Gasteiger partial charge in [0, 0.05) is 18.3 Å². The fraction of sp³-hybridized carbons (Fsp3) is 0.143. The van der Waals surface area contributed by atoms with E-state index in [1.54, 1.807) is 12.5 Å². The van der Waals surface area contributed by atoms with Crippen molar-refractivity contribution in [3.63, 3.8) is 0 Å². The summed E-state index contributed by atoms with van der Waals surface area (Å²) in [5.74, 6) is 1.24. The third-order valence-electron chi connectivity index (χ3n) is 5.85. The molecule has 174 valence electrons. The number of nitrogens with one attached hydrogen (secondary N) is 2. The van der Waals surface area contributed by atoms with Crippen molar-refractivity contribution in [2.75, 3.05) is 10.6 Å². The van der Waals surface area contributed by atoms with E-state index < -0.39 is 0 Å². The summed E-state index contributed by atoms with van der Waals surface area (Å²) in [4.78, 5) is 26.0.